The van der Waals surface area contributed by atoms with Crippen LogP contribution in [-0.4, -0.2) is 62.7 Å². The highest BCUT2D eigenvalue weighted by atomic mass is 16.2. The fraction of sp³-hybridized carbons (Fsp3) is 0.588. The Balaban J connectivity index is 1.32. The highest BCUT2D eigenvalue weighted by Crippen LogP contribution is 2.19. The first-order valence-corrected chi connectivity index (χ1v) is 8.34. The molecule has 1 amide bonds. The molecule has 2 saturated heterocycles. The van der Waals surface area contributed by atoms with E-state index in [0.717, 1.165) is 45.7 Å². The quantitative estimate of drug-likeness (QED) is 0.759. The number of carbonyl (C=O) groups is 1. The minimum Gasteiger partial charge on any atom is -0.370 e. The van der Waals surface area contributed by atoms with Gasteiger partial charge in [0.05, 0.1) is 6.54 Å². The van der Waals surface area contributed by atoms with Crippen LogP contribution in [0.3, 0.4) is 0 Å². The van der Waals surface area contributed by atoms with E-state index in [1.54, 1.807) is 0 Å². The third kappa shape index (κ3) is 4.21. The minimum absolute atomic E-state index is 0.161. The van der Waals surface area contributed by atoms with Gasteiger partial charge >= 0.3 is 0 Å². The average molecular weight is 302 g/mol. The van der Waals surface area contributed by atoms with Crippen LogP contribution in [0, 0.1) is 0 Å². The monoisotopic (exact) mass is 302 g/mol. The van der Waals surface area contributed by atoms with Gasteiger partial charge in [-0.1, -0.05) is 18.2 Å². The van der Waals surface area contributed by atoms with Crippen molar-refractivity contribution in [3.8, 4) is 0 Å². The lowest BCUT2D eigenvalue weighted by molar-refractivity contribution is -0.124. The smallest absolute Gasteiger partial charge is 0.234 e. The van der Waals surface area contributed by atoms with Gasteiger partial charge in [-0.3, -0.25) is 9.69 Å². The van der Waals surface area contributed by atoms with Gasteiger partial charge in [-0.05, 0) is 38.1 Å². The van der Waals surface area contributed by atoms with Gasteiger partial charge in [0.25, 0.3) is 0 Å². The van der Waals surface area contributed by atoms with Crippen molar-refractivity contribution in [3.63, 3.8) is 0 Å². The van der Waals surface area contributed by atoms with Gasteiger partial charge in [-0.2, -0.15) is 0 Å². The van der Waals surface area contributed by atoms with Crippen molar-refractivity contribution >= 4 is 11.6 Å². The molecule has 0 radical (unpaired) electrons. The Bertz CT molecular complexity index is 479. The molecule has 2 N–H and O–H groups in total. The van der Waals surface area contributed by atoms with Crippen molar-refractivity contribution in [2.75, 3.05) is 50.7 Å². The van der Waals surface area contributed by atoms with Gasteiger partial charge in [-0.15, -0.1) is 0 Å². The Morgan fingerprint density at radius 3 is 2.91 bits per heavy atom. The van der Waals surface area contributed by atoms with Crippen LogP contribution >= 0.6 is 0 Å². The molecule has 0 aliphatic carbocycles. The Kier molecular flexibility index (Phi) is 5.29. The number of amides is 1. The predicted molar refractivity (Wildman–Crippen MR) is 89.1 cm³/mol. The van der Waals surface area contributed by atoms with Gasteiger partial charge in [-0.25, -0.2) is 0 Å². The second-order valence-corrected chi connectivity index (χ2v) is 6.20. The largest absolute Gasteiger partial charge is 0.370 e. The Morgan fingerprint density at radius 2 is 2.09 bits per heavy atom. The summed E-state index contributed by atoms with van der Waals surface area (Å²) >= 11 is 0. The standard InChI is InChI=1S/C17H26N4O/c22-17-14-20(12-9-19-17)10-4-8-18-15-7-11-21(13-15)16-5-2-1-3-6-16/h1-3,5-6,15,18H,4,7-14H2,(H,19,22)/t15-/m0/s1. The normalized spacial score (nSPS) is 22.8. The Labute approximate surface area is 132 Å². The summed E-state index contributed by atoms with van der Waals surface area (Å²) in [5.74, 6) is 0.161. The summed E-state index contributed by atoms with van der Waals surface area (Å²) in [5, 5.41) is 6.53. The maximum atomic E-state index is 11.3. The molecule has 0 bridgehead atoms. The van der Waals surface area contributed by atoms with Crippen LogP contribution < -0.4 is 15.5 Å². The van der Waals surface area contributed by atoms with Crippen molar-refractivity contribution in [3.05, 3.63) is 30.3 Å². The summed E-state index contributed by atoms with van der Waals surface area (Å²) in [6.45, 7) is 6.61. The number of nitrogens with zero attached hydrogens (tertiary/aromatic N) is 2. The van der Waals surface area contributed by atoms with Gasteiger partial charge < -0.3 is 15.5 Å². The van der Waals surface area contributed by atoms with Crippen molar-refractivity contribution in [1.29, 1.82) is 0 Å². The lowest BCUT2D eigenvalue weighted by Gasteiger charge is -2.26. The van der Waals surface area contributed by atoms with Crippen LogP contribution in [0.15, 0.2) is 30.3 Å². The first kappa shape index (κ1) is 15.3. The van der Waals surface area contributed by atoms with E-state index in [1.165, 1.54) is 12.1 Å². The number of hydrogen-bond acceptors (Lipinski definition) is 4. The second kappa shape index (κ2) is 7.61. The van der Waals surface area contributed by atoms with E-state index in [2.05, 4.69) is 50.8 Å². The Morgan fingerprint density at radius 1 is 1.23 bits per heavy atom. The maximum Gasteiger partial charge on any atom is 0.234 e. The van der Waals surface area contributed by atoms with Crippen LogP contribution in [0.2, 0.25) is 0 Å². The zero-order valence-corrected chi connectivity index (χ0v) is 13.1. The van der Waals surface area contributed by atoms with Gasteiger partial charge in [0.15, 0.2) is 0 Å². The van der Waals surface area contributed by atoms with Crippen LogP contribution in [-0.2, 0) is 4.79 Å². The molecule has 22 heavy (non-hydrogen) atoms. The third-order valence-electron chi connectivity index (χ3n) is 4.51. The van der Waals surface area contributed by atoms with Crippen molar-refractivity contribution in [1.82, 2.24) is 15.5 Å². The van der Waals surface area contributed by atoms with E-state index in [9.17, 15) is 4.79 Å². The molecule has 0 spiro atoms. The molecule has 1 aromatic rings. The lowest BCUT2D eigenvalue weighted by Crippen LogP contribution is -2.48. The number of benzene rings is 1. The number of nitrogens with one attached hydrogen (secondary N) is 2. The number of anilines is 1. The molecular formula is C17H26N4O. The summed E-state index contributed by atoms with van der Waals surface area (Å²) in [6, 6.07) is 11.2. The highest BCUT2D eigenvalue weighted by Gasteiger charge is 2.22. The summed E-state index contributed by atoms with van der Waals surface area (Å²) in [7, 11) is 0. The molecular weight excluding hydrogens is 276 g/mol. The van der Waals surface area contributed by atoms with Crippen LogP contribution in [0.1, 0.15) is 12.8 Å². The van der Waals surface area contributed by atoms with E-state index in [1.807, 2.05) is 0 Å². The molecule has 120 valence electrons. The summed E-state index contributed by atoms with van der Waals surface area (Å²) in [6.07, 6.45) is 2.32. The third-order valence-corrected chi connectivity index (χ3v) is 4.51. The van der Waals surface area contributed by atoms with Crippen LogP contribution in [0.4, 0.5) is 5.69 Å². The first-order valence-electron chi connectivity index (χ1n) is 8.34. The summed E-state index contributed by atoms with van der Waals surface area (Å²) in [4.78, 5) is 16.0. The van der Waals surface area contributed by atoms with E-state index in [-0.39, 0.29) is 5.91 Å². The van der Waals surface area contributed by atoms with Gasteiger partial charge in [0, 0.05) is 37.9 Å². The van der Waals surface area contributed by atoms with Crippen molar-refractivity contribution in [2.24, 2.45) is 0 Å². The topological polar surface area (TPSA) is 47.6 Å². The molecule has 3 rings (SSSR count). The Hall–Kier alpha value is -1.59. The molecule has 5 heteroatoms. The van der Waals surface area contributed by atoms with E-state index in [0.29, 0.717) is 12.6 Å². The van der Waals surface area contributed by atoms with E-state index in [4.69, 9.17) is 0 Å². The molecule has 2 fully saturated rings. The van der Waals surface area contributed by atoms with Crippen LogP contribution in [0.25, 0.3) is 0 Å². The number of piperazine rings is 1. The van der Waals surface area contributed by atoms with Gasteiger partial charge in [0.2, 0.25) is 5.91 Å². The van der Waals surface area contributed by atoms with Crippen LogP contribution in [0.5, 0.6) is 0 Å². The van der Waals surface area contributed by atoms with E-state index < -0.39 is 0 Å². The number of hydrogen-bond donors (Lipinski definition) is 2. The second-order valence-electron chi connectivity index (χ2n) is 6.20. The predicted octanol–water partition coefficient (Wildman–Crippen LogP) is 0.677. The van der Waals surface area contributed by atoms with Crippen molar-refractivity contribution in [2.45, 2.75) is 18.9 Å². The number of carbonyl (C=O) groups excluding carboxylic acids is 1. The minimum atomic E-state index is 0.161. The van der Waals surface area contributed by atoms with E-state index >= 15 is 0 Å². The molecule has 2 aliphatic heterocycles. The lowest BCUT2D eigenvalue weighted by atomic mass is 10.2. The number of rotatable bonds is 6. The highest BCUT2D eigenvalue weighted by molar-refractivity contribution is 5.78. The molecule has 5 nitrogen and oxygen atoms in total. The zero-order valence-electron chi connectivity index (χ0n) is 13.1. The molecule has 1 aromatic carbocycles. The molecule has 2 heterocycles. The maximum absolute atomic E-state index is 11.3. The zero-order chi connectivity index (χ0) is 15.2. The fourth-order valence-electron chi connectivity index (χ4n) is 3.29. The number of para-hydroxylation sites is 1. The molecule has 2 aliphatic rings. The first-order chi connectivity index (χ1) is 10.8. The SMILES string of the molecule is O=C1CN(CCCN[C@H]2CCN(c3ccccc3)C2)CCN1. The fourth-order valence-corrected chi connectivity index (χ4v) is 3.29. The summed E-state index contributed by atoms with van der Waals surface area (Å²) < 4.78 is 0. The molecule has 0 unspecified atom stereocenters. The van der Waals surface area contributed by atoms with Gasteiger partial charge in [0.1, 0.15) is 0 Å². The average Bonchev–Trinajstić information content (AvgIpc) is 3.01. The molecule has 0 saturated carbocycles. The molecule has 1 atom stereocenters. The summed E-state index contributed by atoms with van der Waals surface area (Å²) in [5.41, 5.74) is 1.33. The molecule has 0 aromatic heterocycles. The van der Waals surface area contributed by atoms with Crippen molar-refractivity contribution < 1.29 is 4.79 Å².